The van der Waals surface area contributed by atoms with Gasteiger partial charge in [-0.15, -0.1) is 0 Å². The molecule has 7 heteroatoms. The molecular formula is C22H40N4O3. The highest BCUT2D eigenvalue weighted by Crippen LogP contribution is 2.25. The summed E-state index contributed by atoms with van der Waals surface area (Å²) in [4.78, 5) is 25.5. The summed E-state index contributed by atoms with van der Waals surface area (Å²) in [6.45, 7) is 12.9. The fourth-order valence-electron chi connectivity index (χ4n) is 2.52. The Morgan fingerprint density at radius 3 is 2.38 bits per heavy atom. The number of nitrogen functional groups attached to an aromatic ring is 1. The van der Waals surface area contributed by atoms with Crippen LogP contribution < -0.4 is 16.4 Å². The van der Waals surface area contributed by atoms with Crippen LogP contribution in [0.3, 0.4) is 0 Å². The molecule has 2 amide bonds. The smallest absolute Gasteiger partial charge is 0.407 e. The molecule has 0 saturated heterocycles. The number of hydrogen-bond acceptors (Lipinski definition) is 5. The molecule has 1 atom stereocenters. The summed E-state index contributed by atoms with van der Waals surface area (Å²) in [6, 6.07) is 5.34. The maximum atomic E-state index is 12.3. The van der Waals surface area contributed by atoms with E-state index in [1.165, 1.54) is 4.90 Å². The first-order chi connectivity index (χ1) is 13.5. The van der Waals surface area contributed by atoms with Crippen LogP contribution in [0.15, 0.2) is 18.2 Å². The van der Waals surface area contributed by atoms with Gasteiger partial charge in [0.2, 0.25) is 0 Å². The largest absolute Gasteiger partial charge is 0.444 e. The number of para-hydroxylation sites is 1. The normalized spacial score (nSPS) is 11.6. The van der Waals surface area contributed by atoms with E-state index in [9.17, 15) is 9.59 Å². The van der Waals surface area contributed by atoms with Crippen molar-refractivity contribution >= 4 is 23.4 Å². The maximum absolute atomic E-state index is 12.3. The summed E-state index contributed by atoms with van der Waals surface area (Å²) in [6.07, 6.45) is 1.37. The van der Waals surface area contributed by atoms with Crippen molar-refractivity contribution in [1.82, 2.24) is 10.2 Å². The zero-order chi connectivity index (χ0) is 22.6. The monoisotopic (exact) mass is 408 g/mol. The van der Waals surface area contributed by atoms with E-state index in [1.54, 1.807) is 32.3 Å². The Kier molecular flexibility index (Phi) is 11.8. The molecule has 29 heavy (non-hydrogen) atoms. The van der Waals surface area contributed by atoms with Gasteiger partial charge in [-0.2, -0.15) is 0 Å². The van der Waals surface area contributed by atoms with Gasteiger partial charge in [0.15, 0.2) is 0 Å². The van der Waals surface area contributed by atoms with E-state index < -0.39 is 11.7 Å². The van der Waals surface area contributed by atoms with Crippen LogP contribution in [0.5, 0.6) is 0 Å². The van der Waals surface area contributed by atoms with Gasteiger partial charge in [-0.05, 0) is 51.7 Å². The molecule has 0 spiro atoms. The van der Waals surface area contributed by atoms with Crippen molar-refractivity contribution in [3.8, 4) is 0 Å². The second-order valence-electron chi connectivity index (χ2n) is 8.03. The molecule has 0 aliphatic carbocycles. The minimum Gasteiger partial charge on any atom is -0.444 e. The zero-order valence-corrected chi connectivity index (χ0v) is 19.4. The number of ether oxygens (including phenoxy) is 1. The van der Waals surface area contributed by atoms with E-state index in [2.05, 4.69) is 17.6 Å². The van der Waals surface area contributed by atoms with Crippen molar-refractivity contribution in [1.29, 1.82) is 0 Å². The second-order valence-corrected chi connectivity index (χ2v) is 8.03. The fourth-order valence-corrected chi connectivity index (χ4v) is 2.52. The lowest BCUT2D eigenvalue weighted by Gasteiger charge is -2.20. The third kappa shape index (κ3) is 10.6. The highest BCUT2D eigenvalue weighted by atomic mass is 16.6. The fraction of sp³-hybridized carbons (Fsp3) is 0.636. The van der Waals surface area contributed by atoms with E-state index in [4.69, 9.17) is 10.5 Å². The number of alkyl carbamates (subject to hydrolysis) is 1. The van der Waals surface area contributed by atoms with Crippen LogP contribution >= 0.6 is 0 Å². The summed E-state index contributed by atoms with van der Waals surface area (Å²) >= 11 is 0. The summed E-state index contributed by atoms with van der Waals surface area (Å²) < 4.78 is 5.21. The number of carbonyl (C=O) groups is 2. The number of anilines is 2. The Bertz CT molecular complexity index is 639. The first-order valence-electron chi connectivity index (χ1n) is 10.3. The minimum atomic E-state index is -0.487. The molecule has 0 radical (unpaired) electrons. The predicted molar refractivity (Wildman–Crippen MR) is 121 cm³/mol. The van der Waals surface area contributed by atoms with Gasteiger partial charge in [-0.25, -0.2) is 4.79 Å². The Balaban J connectivity index is 0.00000379. The summed E-state index contributed by atoms with van der Waals surface area (Å²) in [5.41, 5.74) is 7.37. The van der Waals surface area contributed by atoms with Crippen LogP contribution in [0.2, 0.25) is 0 Å². The van der Waals surface area contributed by atoms with Crippen LogP contribution in [0.4, 0.5) is 16.2 Å². The molecule has 1 aromatic carbocycles. The highest BCUT2D eigenvalue weighted by Gasteiger charge is 2.17. The number of carbonyl (C=O) groups excluding carboxylic acids is 2. The van der Waals surface area contributed by atoms with Crippen LogP contribution in [0.1, 0.15) is 64.7 Å². The number of nitrogens with zero attached hydrogens (tertiary/aromatic N) is 1. The molecule has 1 unspecified atom stereocenters. The molecule has 1 rings (SSSR count). The van der Waals surface area contributed by atoms with Crippen molar-refractivity contribution in [2.24, 2.45) is 5.92 Å². The number of rotatable bonds is 8. The van der Waals surface area contributed by atoms with E-state index >= 15 is 0 Å². The standard InChI is InChI=1S/C20H34N4O3.C2H6/c1-14(9-8-12-22-19(26)27-20(2,3)4)13-23-17-15(18(25)24(5)6)10-7-11-16(17)21;1-2/h7,10-11,14,23H,8-9,12-13,21H2,1-6H3,(H,22,26);1-2H3. The van der Waals surface area contributed by atoms with Gasteiger partial charge in [0, 0.05) is 27.2 Å². The van der Waals surface area contributed by atoms with Crippen molar-refractivity contribution < 1.29 is 14.3 Å². The van der Waals surface area contributed by atoms with Crippen molar-refractivity contribution in [2.45, 2.75) is 60.0 Å². The van der Waals surface area contributed by atoms with Gasteiger partial charge in [0.25, 0.3) is 5.91 Å². The molecule has 4 N–H and O–H groups in total. The van der Waals surface area contributed by atoms with Crippen molar-refractivity contribution in [3.05, 3.63) is 23.8 Å². The number of benzene rings is 1. The molecule has 166 valence electrons. The third-order valence-corrected chi connectivity index (χ3v) is 3.90. The lowest BCUT2D eigenvalue weighted by molar-refractivity contribution is 0.0526. The van der Waals surface area contributed by atoms with Crippen LogP contribution in [-0.4, -0.2) is 49.7 Å². The summed E-state index contributed by atoms with van der Waals surface area (Å²) in [7, 11) is 3.44. The van der Waals surface area contributed by atoms with Crippen molar-refractivity contribution in [2.75, 3.05) is 38.2 Å². The number of nitrogens with one attached hydrogen (secondary N) is 2. The topological polar surface area (TPSA) is 96.7 Å². The van der Waals surface area contributed by atoms with Gasteiger partial charge in [-0.3, -0.25) is 4.79 Å². The average Bonchev–Trinajstić information content (AvgIpc) is 2.63. The molecule has 0 bridgehead atoms. The second kappa shape index (κ2) is 12.9. The lowest BCUT2D eigenvalue weighted by Crippen LogP contribution is -2.33. The molecule has 7 nitrogen and oxygen atoms in total. The first kappa shape index (κ1) is 26.6. The Morgan fingerprint density at radius 2 is 1.83 bits per heavy atom. The number of amides is 2. The average molecular weight is 409 g/mol. The van der Waals surface area contributed by atoms with Crippen LogP contribution in [0, 0.1) is 5.92 Å². The molecule has 1 aromatic rings. The molecule has 0 fully saturated rings. The van der Waals surface area contributed by atoms with E-state index in [0.717, 1.165) is 12.8 Å². The van der Waals surface area contributed by atoms with E-state index in [-0.39, 0.29) is 5.91 Å². The Morgan fingerprint density at radius 1 is 1.21 bits per heavy atom. The van der Waals surface area contributed by atoms with Gasteiger partial charge in [0.1, 0.15) is 5.60 Å². The molecule has 0 heterocycles. The van der Waals surface area contributed by atoms with E-state index in [0.29, 0.717) is 35.9 Å². The van der Waals surface area contributed by atoms with Gasteiger partial charge >= 0.3 is 6.09 Å². The number of nitrogens with two attached hydrogens (primary N) is 1. The lowest BCUT2D eigenvalue weighted by atomic mass is 10.0. The highest BCUT2D eigenvalue weighted by molar-refractivity contribution is 6.01. The quantitative estimate of drug-likeness (QED) is 0.439. The summed E-state index contributed by atoms with van der Waals surface area (Å²) in [5, 5.41) is 6.08. The van der Waals surface area contributed by atoms with Crippen LogP contribution in [-0.2, 0) is 4.74 Å². The first-order valence-corrected chi connectivity index (χ1v) is 10.3. The molecule has 0 saturated carbocycles. The summed E-state index contributed by atoms with van der Waals surface area (Å²) in [5.74, 6) is 0.270. The number of hydrogen-bond donors (Lipinski definition) is 3. The third-order valence-electron chi connectivity index (χ3n) is 3.90. The van der Waals surface area contributed by atoms with Crippen LogP contribution in [0.25, 0.3) is 0 Å². The molecule has 0 aliphatic heterocycles. The zero-order valence-electron chi connectivity index (χ0n) is 19.4. The molecular weight excluding hydrogens is 368 g/mol. The minimum absolute atomic E-state index is 0.0842. The predicted octanol–water partition coefficient (Wildman–Crippen LogP) is 4.35. The molecule has 0 aliphatic rings. The molecule has 0 aromatic heterocycles. The van der Waals surface area contributed by atoms with E-state index in [1.807, 2.05) is 34.6 Å². The van der Waals surface area contributed by atoms with Crippen molar-refractivity contribution in [3.63, 3.8) is 0 Å². The van der Waals surface area contributed by atoms with Gasteiger partial charge in [-0.1, -0.05) is 26.8 Å². The van der Waals surface area contributed by atoms with Gasteiger partial charge in [0.05, 0.1) is 16.9 Å². The van der Waals surface area contributed by atoms with Gasteiger partial charge < -0.3 is 26.0 Å². The SMILES string of the molecule is CC.CC(CCCNC(=O)OC(C)(C)C)CNc1c(N)cccc1C(=O)N(C)C. The Hall–Kier alpha value is -2.44. The maximum Gasteiger partial charge on any atom is 0.407 e. The Labute approximate surface area is 176 Å².